The minimum absolute atomic E-state index is 0.173. The first-order valence-corrected chi connectivity index (χ1v) is 9.28. The van der Waals surface area contributed by atoms with Crippen LogP contribution in [0.5, 0.6) is 0 Å². The fraction of sp³-hybridized carbons (Fsp3) is 0.650. The topological polar surface area (TPSA) is 55.8 Å². The molecule has 5 nitrogen and oxygen atoms in total. The van der Waals surface area contributed by atoms with Crippen molar-refractivity contribution in [1.29, 1.82) is 0 Å². The number of benzene rings is 1. The van der Waals surface area contributed by atoms with Crippen molar-refractivity contribution in [2.45, 2.75) is 64.8 Å². The number of amides is 2. The van der Waals surface area contributed by atoms with Crippen LogP contribution in [0.4, 0.5) is 4.79 Å². The zero-order valence-corrected chi connectivity index (χ0v) is 16.1. The van der Waals surface area contributed by atoms with Crippen LogP contribution in [0.15, 0.2) is 24.3 Å². The maximum Gasteiger partial charge on any atom is 0.317 e. The van der Waals surface area contributed by atoms with Crippen molar-refractivity contribution in [3.63, 3.8) is 0 Å². The minimum Gasteiger partial charge on any atom is -0.389 e. The number of nitrogens with one attached hydrogen (secondary N) is 1. The van der Waals surface area contributed by atoms with E-state index in [0.717, 1.165) is 12.1 Å². The molecule has 0 radical (unpaired) electrons. The molecule has 1 unspecified atom stereocenters. The third kappa shape index (κ3) is 6.67. The number of carbonyl (C=O) groups is 1. The van der Waals surface area contributed by atoms with Gasteiger partial charge in [0.2, 0.25) is 0 Å². The summed E-state index contributed by atoms with van der Waals surface area (Å²) in [4.78, 5) is 16.1. The summed E-state index contributed by atoms with van der Waals surface area (Å²) in [6.07, 6.45) is 3.94. The van der Waals surface area contributed by atoms with E-state index in [1.54, 1.807) is 20.9 Å². The van der Waals surface area contributed by atoms with Gasteiger partial charge in [0.05, 0.1) is 12.1 Å². The first-order chi connectivity index (χ1) is 11.7. The van der Waals surface area contributed by atoms with Gasteiger partial charge in [0.25, 0.3) is 0 Å². The zero-order valence-electron chi connectivity index (χ0n) is 16.1. The summed E-state index contributed by atoms with van der Waals surface area (Å²) in [6, 6.07) is 8.97. The zero-order chi connectivity index (χ0) is 18.4. The van der Waals surface area contributed by atoms with Crippen LogP contribution in [0.1, 0.15) is 51.2 Å². The number of nitrogens with zero attached hydrogens (tertiary/aromatic N) is 2. The Morgan fingerprint density at radius 1 is 1.28 bits per heavy atom. The lowest BCUT2D eigenvalue weighted by molar-refractivity contribution is 0.0531. The molecule has 0 saturated carbocycles. The van der Waals surface area contributed by atoms with Gasteiger partial charge >= 0.3 is 6.03 Å². The number of likely N-dealkylation sites (N-methyl/N-ethyl adjacent to an activating group) is 1. The highest BCUT2D eigenvalue weighted by molar-refractivity contribution is 5.73. The molecule has 1 heterocycles. The average Bonchev–Trinajstić information content (AvgIpc) is 2.54. The maximum atomic E-state index is 12.1. The summed E-state index contributed by atoms with van der Waals surface area (Å²) in [5.74, 6) is 0. The number of urea groups is 1. The van der Waals surface area contributed by atoms with Crippen LogP contribution < -0.4 is 5.32 Å². The Morgan fingerprint density at radius 3 is 2.52 bits per heavy atom. The predicted octanol–water partition coefficient (Wildman–Crippen LogP) is 2.97. The van der Waals surface area contributed by atoms with Gasteiger partial charge in [-0.15, -0.1) is 0 Å². The number of likely N-dealkylation sites (tertiary alicyclic amines) is 1. The second kappa shape index (κ2) is 8.68. The standard InChI is InChI=1S/C20H33N3O2/c1-16-7-5-6-12-23(16)14-18-10-8-17(9-11-18)13-21-19(24)22(4)15-20(2,3)25/h8-11,16,25H,5-7,12-15H2,1-4H3,(H,21,24). The van der Waals surface area contributed by atoms with Crippen molar-refractivity contribution in [3.8, 4) is 0 Å². The van der Waals surface area contributed by atoms with Gasteiger partial charge in [0.15, 0.2) is 0 Å². The first kappa shape index (κ1) is 19.7. The van der Waals surface area contributed by atoms with Crippen LogP contribution in [0, 0.1) is 0 Å². The number of aliphatic hydroxyl groups is 1. The van der Waals surface area contributed by atoms with Crippen LogP contribution >= 0.6 is 0 Å². The summed E-state index contributed by atoms with van der Waals surface area (Å²) < 4.78 is 0. The van der Waals surface area contributed by atoms with E-state index in [1.807, 2.05) is 0 Å². The molecule has 1 aliphatic rings. The van der Waals surface area contributed by atoms with Gasteiger partial charge < -0.3 is 15.3 Å². The Morgan fingerprint density at radius 2 is 1.92 bits per heavy atom. The smallest absolute Gasteiger partial charge is 0.317 e. The fourth-order valence-electron chi connectivity index (χ4n) is 3.35. The first-order valence-electron chi connectivity index (χ1n) is 9.28. The molecule has 1 fully saturated rings. The molecule has 2 amide bonds. The number of hydrogen-bond acceptors (Lipinski definition) is 3. The minimum atomic E-state index is -0.890. The molecular weight excluding hydrogens is 314 g/mol. The van der Waals surface area contributed by atoms with Gasteiger partial charge in [-0.2, -0.15) is 0 Å². The van der Waals surface area contributed by atoms with Crippen molar-refractivity contribution in [3.05, 3.63) is 35.4 Å². The molecule has 1 aliphatic heterocycles. The Bertz CT molecular complexity index is 551. The van der Waals surface area contributed by atoms with E-state index in [1.165, 1.54) is 36.3 Å². The summed E-state index contributed by atoms with van der Waals surface area (Å²) in [7, 11) is 1.69. The lowest BCUT2D eigenvalue weighted by Gasteiger charge is -2.33. The van der Waals surface area contributed by atoms with Crippen LogP contribution in [-0.2, 0) is 13.1 Å². The number of piperidine rings is 1. The van der Waals surface area contributed by atoms with E-state index >= 15 is 0 Å². The Labute approximate surface area is 152 Å². The average molecular weight is 348 g/mol. The van der Waals surface area contributed by atoms with Crippen molar-refractivity contribution in [1.82, 2.24) is 15.1 Å². The molecule has 0 bridgehead atoms. The van der Waals surface area contributed by atoms with Gasteiger partial charge in [-0.05, 0) is 51.3 Å². The van der Waals surface area contributed by atoms with Crippen molar-refractivity contribution in [2.75, 3.05) is 20.1 Å². The molecule has 0 aliphatic carbocycles. The van der Waals surface area contributed by atoms with Gasteiger partial charge in [-0.3, -0.25) is 4.90 Å². The maximum absolute atomic E-state index is 12.1. The molecule has 1 atom stereocenters. The molecule has 140 valence electrons. The molecule has 25 heavy (non-hydrogen) atoms. The highest BCUT2D eigenvalue weighted by Crippen LogP contribution is 2.19. The van der Waals surface area contributed by atoms with Crippen LogP contribution in [0.3, 0.4) is 0 Å². The van der Waals surface area contributed by atoms with E-state index in [4.69, 9.17) is 0 Å². The van der Waals surface area contributed by atoms with Gasteiger partial charge in [0.1, 0.15) is 0 Å². The molecule has 2 rings (SSSR count). The van der Waals surface area contributed by atoms with E-state index in [2.05, 4.69) is 41.4 Å². The van der Waals surface area contributed by atoms with Crippen molar-refractivity contribution >= 4 is 6.03 Å². The van der Waals surface area contributed by atoms with Gasteiger partial charge in [0, 0.05) is 26.2 Å². The number of hydrogen-bond donors (Lipinski definition) is 2. The van der Waals surface area contributed by atoms with Gasteiger partial charge in [-0.25, -0.2) is 4.79 Å². The molecule has 0 spiro atoms. The summed E-state index contributed by atoms with van der Waals surface area (Å²) in [5, 5.41) is 12.7. The molecule has 0 aromatic heterocycles. The SMILES string of the molecule is CC1CCCCN1Cc1ccc(CNC(=O)N(C)CC(C)(C)O)cc1. The number of rotatable bonds is 6. The van der Waals surface area contributed by atoms with Crippen molar-refractivity contribution in [2.24, 2.45) is 0 Å². The molecule has 2 N–H and O–H groups in total. The Kier molecular flexibility index (Phi) is 6.85. The van der Waals surface area contributed by atoms with E-state index in [9.17, 15) is 9.90 Å². The number of carbonyl (C=O) groups excluding carboxylic acids is 1. The highest BCUT2D eigenvalue weighted by atomic mass is 16.3. The largest absolute Gasteiger partial charge is 0.389 e. The lowest BCUT2D eigenvalue weighted by atomic mass is 10.0. The summed E-state index contributed by atoms with van der Waals surface area (Å²) >= 11 is 0. The normalized spacial score (nSPS) is 18.8. The third-order valence-electron chi connectivity index (χ3n) is 4.76. The molecule has 1 aromatic rings. The fourth-order valence-corrected chi connectivity index (χ4v) is 3.35. The summed E-state index contributed by atoms with van der Waals surface area (Å²) in [5.41, 5.74) is 1.52. The molecular formula is C20H33N3O2. The second-order valence-corrected chi connectivity index (χ2v) is 7.96. The van der Waals surface area contributed by atoms with E-state index in [-0.39, 0.29) is 6.03 Å². The van der Waals surface area contributed by atoms with Crippen LogP contribution in [0.2, 0.25) is 0 Å². The van der Waals surface area contributed by atoms with Gasteiger partial charge in [-0.1, -0.05) is 30.7 Å². The quantitative estimate of drug-likeness (QED) is 0.832. The second-order valence-electron chi connectivity index (χ2n) is 7.96. The Hall–Kier alpha value is -1.59. The Balaban J connectivity index is 1.81. The van der Waals surface area contributed by atoms with Crippen LogP contribution in [0.25, 0.3) is 0 Å². The predicted molar refractivity (Wildman–Crippen MR) is 101 cm³/mol. The molecule has 1 saturated heterocycles. The third-order valence-corrected chi connectivity index (χ3v) is 4.76. The highest BCUT2D eigenvalue weighted by Gasteiger charge is 2.19. The van der Waals surface area contributed by atoms with E-state index in [0.29, 0.717) is 19.1 Å². The lowest BCUT2D eigenvalue weighted by Crippen LogP contribution is -2.44. The molecule has 5 heteroatoms. The molecule has 1 aromatic carbocycles. The van der Waals surface area contributed by atoms with E-state index < -0.39 is 5.60 Å². The van der Waals surface area contributed by atoms with Crippen LogP contribution in [-0.4, -0.2) is 52.7 Å². The van der Waals surface area contributed by atoms with Crippen molar-refractivity contribution < 1.29 is 9.90 Å². The monoisotopic (exact) mass is 347 g/mol. The summed E-state index contributed by atoms with van der Waals surface area (Å²) in [6.45, 7) is 8.68.